The molecule has 0 aliphatic carbocycles. The third-order valence-corrected chi connectivity index (χ3v) is 2.56. The summed E-state index contributed by atoms with van der Waals surface area (Å²) in [7, 11) is 0. The Balaban J connectivity index is 2.98. The smallest absolute Gasteiger partial charge is 0.303 e. The monoisotopic (exact) mass is 250 g/mol. The molecule has 0 saturated carbocycles. The van der Waals surface area contributed by atoms with Crippen molar-refractivity contribution in [2.75, 3.05) is 0 Å². The van der Waals surface area contributed by atoms with E-state index < -0.39 is 0 Å². The van der Waals surface area contributed by atoms with Gasteiger partial charge in [-0.25, -0.2) is 0 Å². The summed E-state index contributed by atoms with van der Waals surface area (Å²) in [4.78, 5) is 22.0. The summed E-state index contributed by atoms with van der Waals surface area (Å²) in [5.41, 5.74) is 1.70. The molecule has 0 saturated heterocycles. The van der Waals surface area contributed by atoms with E-state index in [0.29, 0.717) is 0 Å². The maximum atomic E-state index is 11.0. The molecule has 0 heterocycles. The van der Waals surface area contributed by atoms with E-state index in [1.807, 2.05) is 24.3 Å². The van der Waals surface area contributed by atoms with Gasteiger partial charge >= 0.3 is 11.9 Å². The van der Waals surface area contributed by atoms with Crippen LogP contribution in [0.4, 0.5) is 0 Å². The van der Waals surface area contributed by atoms with Crippen LogP contribution in [0.1, 0.15) is 51.0 Å². The molecule has 0 aromatic heterocycles. The van der Waals surface area contributed by atoms with E-state index >= 15 is 0 Å². The standard InChI is InChI=1S/C14H18O4/c1-9(17-11(3)15)13-7-5-6-8-14(13)10(2)18-12(4)16/h5-10H,1-4H3/t9-,10+. The van der Waals surface area contributed by atoms with Gasteiger partial charge in [0.05, 0.1) is 0 Å². The van der Waals surface area contributed by atoms with Gasteiger partial charge in [-0.05, 0) is 25.0 Å². The summed E-state index contributed by atoms with van der Waals surface area (Å²) >= 11 is 0. The summed E-state index contributed by atoms with van der Waals surface area (Å²) < 4.78 is 10.3. The summed E-state index contributed by atoms with van der Waals surface area (Å²) in [5, 5.41) is 0. The normalized spacial score (nSPS) is 13.6. The van der Waals surface area contributed by atoms with Crippen molar-refractivity contribution in [3.63, 3.8) is 0 Å². The van der Waals surface area contributed by atoms with Crippen molar-refractivity contribution in [1.29, 1.82) is 0 Å². The van der Waals surface area contributed by atoms with Crippen molar-refractivity contribution in [2.24, 2.45) is 0 Å². The van der Waals surface area contributed by atoms with E-state index in [2.05, 4.69) is 0 Å². The third kappa shape index (κ3) is 3.87. The van der Waals surface area contributed by atoms with Crippen LogP contribution in [0, 0.1) is 0 Å². The number of carbonyl (C=O) groups excluding carboxylic acids is 2. The van der Waals surface area contributed by atoms with Crippen molar-refractivity contribution >= 4 is 11.9 Å². The van der Waals surface area contributed by atoms with Gasteiger partial charge in [-0.2, -0.15) is 0 Å². The van der Waals surface area contributed by atoms with Crippen LogP contribution in [-0.2, 0) is 19.1 Å². The summed E-state index contributed by atoms with van der Waals surface area (Å²) in [5.74, 6) is -0.671. The minimum absolute atomic E-state index is 0.336. The highest BCUT2D eigenvalue weighted by molar-refractivity contribution is 5.67. The number of rotatable bonds is 4. The SMILES string of the molecule is CC(=O)O[C@@H](C)c1ccccc1[C@@H](C)OC(C)=O. The van der Waals surface area contributed by atoms with Crippen LogP contribution in [-0.4, -0.2) is 11.9 Å². The molecule has 4 nitrogen and oxygen atoms in total. The Bertz CT molecular complexity index is 398. The first-order valence-electron chi connectivity index (χ1n) is 5.85. The lowest BCUT2D eigenvalue weighted by Gasteiger charge is -2.20. The Morgan fingerprint density at radius 2 is 1.22 bits per heavy atom. The lowest BCUT2D eigenvalue weighted by Crippen LogP contribution is -2.11. The molecular formula is C14H18O4. The molecule has 0 aliphatic rings. The number of benzene rings is 1. The van der Waals surface area contributed by atoms with Gasteiger partial charge in [-0.1, -0.05) is 24.3 Å². The van der Waals surface area contributed by atoms with Gasteiger partial charge in [0.1, 0.15) is 12.2 Å². The molecule has 0 fully saturated rings. The fourth-order valence-corrected chi connectivity index (χ4v) is 1.88. The molecule has 2 atom stereocenters. The van der Waals surface area contributed by atoms with Gasteiger partial charge in [-0.15, -0.1) is 0 Å². The van der Waals surface area contributed by atoms with Gasteiger partial charge in [0.25, 0.3) is 0 Å². The minimum atomic E-state index is -0.364. The number of hydrogen-bond donors (Lipinski definition) is 0. The molecule has 18 heavy (non-hydrogen) atoms. The lowest BCUT2D eigenvalue weighted by molar-refractivity contribution is -0.148. The molecule has 0 bridgehead atoms. The molecule has 98 valence electrons. The first kappa shape index (κ1) is 14.2. The molecule has 4 heteroatoms. The first-order valence-corrected chi connectivity index (χ1v) is 5.85. The molecule has 0 unspecified atom stereocenters. The Morgan fingerprint density at radius 3 is 1.50 bits per heavy atom. The second kappa shape index (κ2) is 6.19. The van der Waals surface area contributed by atoms with E-state index in [1.54, 1.807) is 13.8 Å². The predicted octanol–water partition coefficient (Wildman–Crippen LogP) is 2.93. The van der Waals surface area contributed by atoms with E-state index in [-0.39, 0.29) is 24.1 Å². The molecule has 0 radical (unpaired) electrons. The zero-order chi connectivity index (χ0) is 13.7. The van der Waals surface area contributed by atoms with Crippen molar-refractivity contribution < 1.29 is 19.1 Å². The van der Waals surface area contributed by atoms with E-state index in [9.17, 15) is 9.59 Å². The fourth-order valence-electron chi connectivity index (χ4n) is 1.88. The summed E-state index contributed by atoms with van der Waals surface area (Å²) in [6.45, 7) is 6.32. The Kier molecular flexibility index (Phi) is 4.89. The lowest BCUT2D eigenvalue weighted by atomic mass is 9.99. The van der Waals surface area contributed by atoms with Crippen LogP contribution in [0.5, 0.6) is 0 Å². The quantitative estimate of drug-likeness (QED) is 0.771. The van der Waals surface area contributed by atoms with Crippen LogP contribution in [0.15, 0.2) is 24.3 Å². The van der Waals surface area contributed by atoms with Crippen LogP contribution >= 0.6 is 0 Å². The fraction of sp³-hybridized carbons (Fsp3) is 0.429. The highest BCUT2D eigenvalue weighted by atomic mass is 16.5. The third-order valence-electron chi connectivity index (χ3n) is 2.56. The van der Waals surface area contributed by atoms with Gasteiger partial charge in [0.2, 0.25) is 0 Å². The minimum Gasteiger partial charge on any atom is -0.458 e. The van der Waals surface area contributed by atoms with E-state index in [1.165, 1.54) is 13.8 Å². The number of carbonyl (C=O) groups is 2. The Labute approximate surface area is 107 Å². The molecular weight excluding hydrogens is 232 g/mol. The number of hydrogen-bond acceptors (Lipinski definition) is 4. The average molecular weight is 250 g/mol. The maximum absolute atomic E-state index is 11.0. The second-order valence-electron chi connectivity index (χ2n) is 4.13. The topological polar surface area (TPSA) is 52.6 Å². The highest BCUT2D eigenvalue weighted by Crippen LogP contribution is 2.27. The van der Waals surface area contributed by atoms with Crippen LogP contribution in [0.3, 0.4) is 0 Å². The zero-order valence-electron chi connectivity index (χ0n) is 11.1. The molecule has 1 rings (SSSR count). The molecule has 1 aromatic carbocycles. The molecule has 0 spiro atoms. The largest absolute Gasteiger partial charge is 0.458 e. The van der Waals surface area contributed by atoms with E-state index in [0.717, 1.165) is 11.1 Å². The highest BCUT2D eigenvalue weighted by Gasteiger charge is 2.18. The van der Waals surface area contributed by atoms with Crippen LogP contribution < -0.4 is 0 Å². The summed E-state index contributed by atoms with van der Waals surface area (Å²) in [6.07, 6.45) is -0.728. The number of esters is 2. The predicted molar refractivity (Wildman–Crippen MR) is 66.8 cm³/mol. The Morgan fingerprint density at radius 1 is 0.889 bits per heavy atom. The van der Waals surface area contributed by atoms with Crippen LogP contribution in [0.2, 0.25) is 0 Å². The second-order valence-corrected chi connectivity index (χ2v) is 4.13. The van der Waals surface area contributed by atoms with Crippen molar-refractivity contribution in [1.82, 2.24) is 0 Å². The maximum Gasteiger partial charge on any atom is 0.303 e. The van der Waals surface area contributed by atoms with Gasteiger partial charge in [-0.3, -0.25) is 9.59 Å². The van der Waals surface area contributed by atoms with Crippen molar-refractivity contribution in [3.05, 3.63) is 35.4 Å². The van der Waals surface area contributed by atoms with Crippen molar-refractivity contribution in [3.8, 4) is 0 Å². The van der Waals surface area contributed by atoms with Crippen molar-refractivity contribution in [2.45, 2.75) is 39.9 Å². The summed E-state index contributed by atoms with van der Waals surface area (Å²) in [6, 6.07) is 7.45. The Hall–Kier alpha value is -1.84. The molecule has 0 amide bonds. The van der Waals surface area contributed by atoms with Gasteiger partial charge < -0.3 is 9.47 Å². The van der Waals surface area contributed by atoms with Gasteiger partial charge in [0.15, 0.2) is 0 Å². The molecule has 1 aromatic rings. The zero-order valence-corrected chi connectivity index (χ0v) is 11.1. The average Bonchev–Trinajstić information content (AvgIpc) is 2.27. The van der Waals surface area contributed by atoms with Gasteiger partial charge in [0, 0.05) is 13.8 Å². The molecule has 0 aliphatic heterocycles. The number of ether oxygens (including phenoxy) is 2. The molecule has 0 N–H and O–H groups in total. The first-order chi connectivity index (χ1) is 8.41. The van der Waals surface area contributed by atoms with E-state index in [4.69, 9.17) is 9.47 Å². The van der Waals surface area contributed by atoms with Crippen LogP contribution in [0.25, 0.3) is 0 Å².